The van der Waals surface area contributed by atoms with Gasteiger partial charge in [-0.15, -0.1) is 0 Å². The van der Waals surface area contributed by atoms with Crippen molar-refractivity contribution in [3.63, 3.8) is 0 Å². The molecular weight excluding hydrogens is 236 g/mol. The van der Waals surface area contributed by atoms with E-state index in [2.05, 4.69) is 17.6 Å². The Bertz CT molecular complexity index is 296. The van der Waals surface area contributed by atoms with Gasteiger partial charge in [0.15, 0.2) is 6.04 Å². The van der Waals surface area contributed by atoms with E-state index in [1.54, 1.807) is 0 Å². The fourth-order valence-corrected chi connectivity index (χ4v) is 2.24. The molecule has 1 fully saturated rings. The number of carbonyl (C=O) groups excluding carboxylic acids is 1. The van der Waals surface area contributed by atoms with E-state index in [4.69, 9.17) is 9.84 Å². The van der Waals surface area contributed by atoms with E-state index in [1.807, 2.05) is 0 Å². The molecular formula is C12H22N2O4. The third-order valence-corrected chi connectivity index (χ3v) is 3.36. The molecule has 1 rings (SSSR count). The monoisotopic (exact) mass is 258 g/mol. The highest BCUT2D eigenvalue weighted by atomic mass is 16.5. The number of carboxylic acids is 1. The minimum Gasteiger partial charge on any atom is -0.480 e. The summed E-state index contributed by atoms with van der Waals surface area (Å²) in [5.74, 6) is -0.654. The van der Waals surface area contributed by atoms with Crippen LogP contribution in [0.4, 0.5) is 4.79 Å². The topological polar surface area (TPSA) is 87.7 Å². The molecule has 3 unspecified atom stereocenters. The van der Waals surface area contributed by atoms with Gasteiger partial charge in [0.25, 0.3) is 0 Å². The maximum Gasteiger partial charge on any atom is 0.328 e. The summed E-state index contributed by atoms with van der Waals surface area (Å²) in [6, 6.07) is -1.30. The molecule has 0 radical (unpaired) electrons. The number of methoxy groups -OCH3 is 1. The fraction of sp³-hybridized carbons (Fsp3) is 0.833. The lowest BCUT2D eigenvalue weighted by atomic mass is 9.86. The lowest BCUT2D eigenvalue weighted by Crippen LogP contribution is -2.52. The molecule has 0 aliphatic heterocycles. The van der Waals surface area contributed by atoms with Crippen LogP contribution in [0.25, 0.3) is 0 Å². The average Bonchev–Trinajstić information content (AvgIpc) is 2.31. The number of aliphatic carboxylic acids is 1. The van der Waals surface area contributed by atoms with E-state index in [-0.39, 0.29) is 12.6 Å². The van der Waals surface area contributed by atoms with Crippen LogP contribution in [-0.2, 0) is 9.53 Å². The molecule has 3 atom stereocenters. The van der Waals surface area contributed by atoms with Gasteiger partial charge in [-0.25, -0.2) is 9.59 Å². The van der Waals surface area contributed by atoms with Crippen molar-refractivity contribution >= 4 is 12.0 Å². The van der Waals surface area contributed by atoms with Crippen molar-refractivity contribution < 1.29 is 19.4 Å². The molecule has 0 aromatic carbocycles. The number of carbonyl (C=O) groups is 2. The molecule has 2 amide bonds. The molecule has 6 nitrogen and oxygen atoms in total. The summed E-state index contributed by atoms with van der Waals surface area (Å²) >= 11 is 0. The van der Waals surface area contributed by atoms with Crippen molar-refractivity contribution in [1.29, 1.82) is 0 Å². The second kappa shape index (κ2) is 7.20. The first-order valence-electron chi connectivity index (χ1n) is 6.33. The zero-order valence-corrected chi connectivity index (χ0v) is 10.9. The molecule has 0 aromatic rings. The maximum absolute atomic E-state index is 11.7. The molecule has 1 aliphatic carbocycles. The molecule has 0 aromatic heterocycles. The van der Waals surface area contributed by atoms with Crippen LogP contribution in [0.2, 0.25) is 0 Å². The number of carboxylic acid groups (broad SMARTS) is 1. The van der Waals surface area contributed by atoms with Crippen molar-refractivity contribution in [2.45, 2.75) is 44.7 Å². The van der Waals surface area contributed by atoms with Gasteiger partial charge in [0, 0.05) is 13.2 Å². The number of amides is 2. The quantitative estimate of drug-likeness (QED) is 0.685. The van der Waals surface area contributed by atoms with E-state index in [0.717, 1.165) is 19.3 Å². The Kier molecular flexibility index (Phi) is 5.91. The number of hydrogen-bond acceptors (Lipinski definition) is 3. The molecule has 0 spiro atoms. The number of urea groups is 1. The second-order valence-corrected chi connectivity index (χ2v) is 4.83. The standard InChI is InChI=1S/C12H22N2O4/c1-8-5-3-4-6-9(8)13-12(17)14-10(7-18-2)11(15)16/h8-10H,3-7H2,1-2H3,(H,15,16)(H2,13,14,17). The first-order chi connectivity index (χ1) is 8.54. The molecule has 0 heterocycles. The fourth-order valence-electron chi connectivity index (χ4n) is 2.24. The Morgan fingerprint density at radius 2 is 2.06 bits per heavy atom. The van der Waals surface area contributed by atoms with Crippen LogP contribution in [0.5, 0.6) is 0 Å². The Labute approximate surface area is 107 Å². The molecule has 6 heteroatoms. The van der Waals surface area contributed by atoms with Gasteiger partial charge in [-0.3, -0.25) is 0 Å². The summed E-state index contributed by atoms with van der Waals surface area (Å²) < 4.78 is 4.75. The Morgan fingerprint density at radius 1 is 1.39 bits per heavy atom. The highest BCUT2D eigenvalue weighted by Gasteiger charge is 2.25. The maximum atomic E-state index is 11.7. The minimum absolute atomic E-state index is 0.0387. The minimum atomic E-state index is -1.09. The number of ether oxygens (including phenoxy) is 1. The predicted octanol–water partition coefficient (Wildman–Crippen LogP) is 0.964. The van der Waals surface area contributed by atoms with Gasteiger partial charge in [0.2, 0.25) is 0 Å². The molecule has 104 valence electrons. The molecule has 0 bridgehead atoms. The van der Waals surface area contributed by atoms with E-state index < -0.39 is 18.0 Å². The van der Waals surface area contributed by atoms with Gasteiger partial charge in [0.05, 0.1) is 6.61 Å². The SMILES string of the molecule is COCC(NC(=O)NC1CCCCC1C)C(=O)O. The smallest absolute Gasteiger partial charge is 0.328 e. The van der Waals surface area contributed by atoms with Gasteiger partial charge < -0.3 is 20.5 Å². The number of nitrogens with one attached hydrogen (secondary N) is 2. The van der Waals surface area contributed by atoms with Gasteiger partial charge in [-0.1, -0.05) is 19.8 Å². The molecule has 0 saturated heterocycles. The van der Waals surface area contributed by atoms with Crippen LogP contribution >= 0.6 is 0 Å². The van der Waals surface area contributed by atoms with Crippen molar-refractivity contribution in [3.8, 4) is 0 Å². The summed E-state index contributed by atoms with van der Waals surface area (Å²) in [6.45, 7) is 2.07. The zero-order chi connectivity index (χ0) is 13.5. The summed E-state index contributed by atoms with van der Waals surface area (Å²) in [7, 11) is 1.40. The van der Waals surface area contributed by atoms with E-state index in [1.165, 1.54) is 13.5 Å². The summed E-state index contributed by atoms with van der Waals surface area (Å²) in [5, 5.41) is 14.1. The van der Waals surface area contributed by atoms with E-state index in [0.29, 0.717) is 5.92 Å². The lowest BCUT2D eigenvalue weighted by Gasteiger charge is -2.29. The van der Waals surface area contributed by atoms with Crippen LogP contribution in [0.15, 0.2) is 0 Å². The van der Waals surface area contributed by atoms with E-state index >= 15 is 0 Å². The average molecular weight is 258 g/mol. The van der Waals surface area contributed by atoms with Gasteiger partial charge >= 0.3 is 12.0 Å². The van der Waals surface area contributed by atoms with Crippen LogP contribution in [0.1, 0.15) is 32.6 Å². The summed E-state index contributed by atoms with van der Waals surface area (Å²) in [6.07, 6.45) is 4.36. The normalized spacial score (nSPS) is 25.2. The predicted molar refractivity (Wildman–Crippen MR) is 66.4 cm³/mol. The van der Waals surface area contributed by atoms with Crippen molar-refractivity contribution in [1.82, 2.24) is 10.6 Å². The van der Waals surface area contributed by atoms with Crippen LogP contribution in [0, 0.1) is 5.92 Å². The molecule has 18 heavy (non-hydrogen) atoms. The Hall–Kier alpha value is -1.30. The first kappa shape index (κ1) is 14.8. The van der Waals surface area contributed by atoms with Crippen LogP contribution in [-0.4, -0.2) is 42.9 Å². The highest BCUT2D eigenvalue weighted by molar-refractivity contribution is 5.82. The zero-order valence-electron chi connectivity index (χ0n) is 10.9. The van der Waals surface area contributed by atoms with Gasteiger partial charge in [-0.2, -0.15) is 0 Å². The van der Waals surface area contributed by atoms with Gasteiger partial charge in [-0.05, 0) is 18.8 Å². The lowest BCUT2D eigenvalue weighted by molar-refractivity contribution is -0.140. The number of hydrogen-bond donors (Lipinski definition) is 3. The Balaban J connectivity index is 2.41. The second-order valence-electron chi connectivity index (χ2n) is 4.83. The highest BCUT2D eigenvalue weighted by Crippen LogP contribution is 2.23. The molecule has 1 saturated carbocycles. The third-order valence-electron chi connectivity index (χ3n) is 3.36. The Morgan fingerprint density at radius 3 is 2.61 bits per heavy atom. The van der Waals surface area contributed by atoms with Crippen molar-refractivity contribution in [3.05, 3.63) is 0 Å². The van der Waals surface area contributed by atoms with Gasteiger partial charge in [0.1, 0.15) is 0 Å². The van der Waals surface area contributed by atoms with Crippen LogP contribution < -0.4 is 10.6 Å². The van der Waals surface area contributed by atoms with E-state index in [9.17, 15) is 9.59 Å². The molecule has 1 aliphatic rings. The third kappa shape index (κ3) is 4.52. The van der Waals surface area contributed by atoms with Crippen molar-refractivity contribution in [2.75, 3.05) is 13.7 Å². The molecule has 3 N–H and O–H groups in total. The summed E-state index contributed by atoms with van der Waals surface area (Å²) in [5.41, 5.74) is 0. The van der Waals surface area contributed by atoms with Crippen LogP contribution in [0.3, 0.4) is 0 Å². The number of rotatable bonds is 5. The summed E-state index contributed by atoms with van der Waals surface area (Å²) in [4.78, 5) is 22.6. The first-order valence-corrected chi connectivity index (χ1v) is 6.33. The van der Waals surface area contributed by atoms with Crippen molar-refractivity contribution in [2.24, 2.45) is 5.92 Å². The largest absolute Gasteiger partial charge is 0.480 e.